The predicted octanol–water partition coefficient (Wildman–Crippen LogP) is -2.05. The van der Waals surface area contributed by atoms with Gasteiger partial charge in [0.25, 0.3) is 0 Å². The minimum atomic E-state index is -2.06. The third-order valence-electron chi connectivity index (χ3n) is 1.46. The molecule has 0 radical (unpaired) electrons. The lowest BCUT2D eigenvalue weighted by Crippen LogP contribution is -2.46. The number of carbonyl (C=O) groups excluding carboxylic acids is 1. The SMILES string of the molecule is COC(=O)CN(CC(=O)O)C(O)C(=O)O. The highest BCUT2D eigenvalue weighted by molar-refractivity contribution is 5.77. The summed E-state index contributed by atoms with van der Waals surface area (Å²) in [6.45, 7) is -1.39. The lowest BCUT2D eigenvalue weighted by molar-refractivity contribution is -0.163. The summed E-state index contributed by atoms with van der Waals surface area (Å²) in [6.07, 6.45) is -2.06. The molecule has 0 aliphatic heterocycles. The first kappa shape index (κ1) is 13.3. The van der Waals surface area contributed by atoms with Crippen LogP contribution in [0.25, 0.3) is 0 Å². The van der Waals surface area contributed by atoms with Crippen LogP contribution in [0, 0.1) is 0 Å². The second-order valence-corrected chi connectivity index (χ2v) is 2.59. The van der Waals surface area contributed by atoms with Gasteiger partial charge in [-0.25, -0.2) is 9.69 Å². The van der Waals surface area contributed by atoms with Gasteiger partial charge in [-0.05, 0) is 0 Å². The molecule has 15 heavy (non-hydrogen) atoms. The number of aliphatic carboxylic acids is 2. The molecule has 0 fully saturated rings. The number of methoxy groups -OCH3 is 1. The molecule has 0 rings (SSSR count). The summed E-state index contributed by atoms with van der Waals surface area (Å²) in [4.78, 5) is 32.0. The monoisotopic (exact) mass is 221 g/mol. The molecule has 86 valence electrons. The molecule has 3 N–H and O–H groups in total. The fourth-order valence-electron chi connectivity index (χ4n) is 0.789. The van der Waals surface area contributed by atoms with E-state index in [0.717, 1.165) is 7.11 Å². The first-order chi connectivity index (χ1) is 6.88. The van der Waals surface area contributed by atoms with Crippen molar-refractivity contribution in [1.29, 1.82) is 0 Å². The van der Waals surface area contributed by atoms with E-state index in [-0.39, 0.29) is 0 Å². The van der Waals surface area contributed by atoms with E-state index in [0.29, 0.717) is 4.90 Å². The van der Waals surface area contributed by atoms with Gasteiger partial charge >= 0.3 is 17.9 Å². The van der Waals surface area contributed by atoms with Gasteiger partial charge < -0.3 is 20.1 Å². The molecule has 1 unspecified atom stereocenters. The fourth-order valence-corrected chi connectivity index (χ4v) is 0.789. The Morgan fingerprint density at radius 2 is 1.80 bits per heavy atom. The minimum Gasteiger partial charge on any atom is -0.480 e. The fraction of sp³-hybridized carbons (Fsp3) is 0.571. The zero-order valence-corrected chi connectivity index (χ0v) is 7.91. The molecule has 0 aliphatic carbocycles. The number of carboxylic acid groups (broad SMARTS) is 2. The number of carboxylic acids is 2. The number of ether oxygens (including phenoxy) is 1. The van der Waals surface area contributed by atoms with Crippen LogP contribution in [0.1, 0.15) is 0 Å². The summed E-state index contributed by atoms with van der Waals surface area (Å²) < 4.78 is 4.21. The largest absolute Gasteiger partial charge is 0.480 e. The van der Waals surface area contributed by atoms with Crippen LogP contribution >= 0.6 is 0 Å². The highest BCUT2D eigenvalue weighted by Gasteiger charge is 2.26. The van der Waals surface area contributed by atoms with Crippen LogP contribution < -0.4 is 0 Å². The standard InChI is InChI=1S/C7H11NO7/c1-15-5(11)3-8(2-4(9)10)6(12)7(13)14/h6,12H,2-3H2,1H3,(H,9,10)(H,13,14). The van der Waals surface area contributed by atoms with Crippen molar-refractivity contribution in [3.05, 3.63) is 0 Å². The molecule has 0 heterocycles. The Morgan fingerprint density at radius 1 is 1.27 bits per heavy atom. The second kappa shape index (κ2) is 5.94. The number of rotatable bonds is 6. The van der Waals surface area contributed by atoms with Crippen LogP contribution in [0.5, 0.6) is 0 Å². The Kier molecular flexibility index (Phi) is 5.27. The van der Waals surface area contributed by atoms with E-state index in [2.05, 4.69) is 4.74 Å². The zero-order chi connectivity index (χ0) is 12.0. The summed E-state index contributed by atoms with van der Waals surface area (Å²) in [5.74, 6) is -3.84. The van der Waals surface area contributed by atoms with Crippen molar-refractivity contribution in [2.45, 2.75) is 6.23 Å². The van der Waals surface area contributed by atoms with Crippen LogP contribution in [0.3, 0.4) is 0 Å². The van der Waals surface area contributed by atoms with Gasteiger partial charge in [0.05, 0.1) is 20.2 Å². The molecule has 1 atom stereocenters. The number of hydrogen-bond donors (Lipinski definition) is 3. The molecule has 0 aromatic carbocycles. The predicted molar refractivity (Wildman–Crippen MR) is 44.9 cm³/mol. The van der Waals surface area contributed by atoms with Crippen LogP contribution in [-0.4, -0.2) is 64.6 Å². The van der Waals surface area contributed by atoms with Crippen molar-refractivity contribution in [2.75, 3.05) is 20.2 Å². The summed E-state index contributed by atoms with van der Waals surface area (Å²) >= 11 is 0. The van der Waals surface area contributed by atoms with Crippen molar-refractivity contribution in [1.82, 2.24) is 4.90 Å². The highest BCUT2D eigenvalue weighted by atomic mass is 16.5. The normalized spacial score (nSPS) is 12.2. The molecule has 0 spiro atoms. The summed E-state index contributed by atoms with van der Waals surface area (Å²) in [7, 11) is 1.06. The van der Waals surface area contributed by atoms with Gasteiger partial charge in [-0.15, -0.1) is 0 Å². The average molecular weight is 221 g/mol. The van der Waals surface area contributed by atoms with Gasteiger partial charge in [0, 0.05) is 0 Å². The smallest absolute Gasteiger partial charge is 0.348 e. The maximum Gasteiger partial charge on any atom is 0.348 e. The summed E-state index contributed by atoms with van der Waals surface area (Å²) in [6, 6.07) is 0. The molecule has 0 aromatic heterocycles. The van der Waals surface area contributed by atoms with Crippen molar-refractivity contribution < 1.29 is 34.4 Å². The number of carbonyl (C=O) groups is 3. The van der Waals surface area contributed by atoms with E-state index in [9.17, 15) is 14.4 Å². The molecular weight excluding hydrogens is 210 g/mol. The Balaban J connectivity index is 4.49. The number of nitrogens with zero attached hydrogens (tertiary/aromatic N) is 1. The molecule has 0 bridgehead atoms. The van der Waals surface area contributed by atoms with Crippen LogP contribution in [0.4, 0.5) is 0 Å². The molecule has 0 saturated carbocycles. The van der Waals surface area contributed by atoms with E-state index in [1.807, 2.05) is 0 Å². The lowest BCUT2D eigenvalue weighted by Gasteiger charge is -2.21. The van der Waals surface area contributed by atoms with Crippen LogP contribution in [0.15, 0.2) is 0 Å². The zero-order valence-electron chi connectivity index (χ0n) is 7.91. The quantitative estimate of drug-likeness (QED) is 0.345. The topological polar surface area (TPSA) is 124 Å². The summed E-state index contributed by atoms with van der Waals surface area (Å²) in [5, 5.41) is 25.9. The first-order valence-corrected chi connectivity index (χ1v) is 3.82. The average Bonchev–Trinajstić information content (AvgIpc) is 2.14. The first-order valence-electron chi connectivity index (χ1n) is 3.82. The molecule has 0 aromatic rings. The number of hydrogen-bond acceptors (Lipinski definition) is 6. The third kappa shape index (κ3) is 4.93. The van der Waals surface area contributed by atoms with Crippen LogP contribution in [-0.2, 0) is 19.1 Å². The van der Waals surface area contributed by atoms with E-state index in [1.54, 1.807) is 0 Å². The molecular formula is C7H11NO7. The second-order valence-electron chi connectivity index (χ2n) is 2.59. The van der Waals surface area contributed by atoms with Crippen molar-refractivity contribution >= 4 is 17.9 Å². The van der Waals surface area contributed by atoms with Gasteiger partial charge in [0.15, 0.2) is 0 Å². The van der Waals surface area contributed by atoms with Gasteiger partial charge in [0.1, 0.15) is 0 Å². The number of esters is 1. The molecule has 8 heteroatoms. The maximum atomic E-state index is 10.8. The van der Waals surface area contributed by atoms with Crippen LogP contribution in [0.2, 0.25) is 0 Å². The summed E-state index contributed by atoms with van der Waals surface area (Å²) in [5.41, 5.74) is 0. The maximum absolute atomic E-state index is 10.8. The van der Waals surface area contributed by atoms with Gasteiger partial charge in [-0.1, -0.05) is 0 Å². The molecule has 8 nitrogen and oxygen atoms in total. The number of aliphatic hydroxyl groups excluding tert-OH is 1. The Labute approximate surface area is 84.7 Å². The van der Waals surface area contributed by atoms with Gasteiger partial charge in [-0.2, -0.15) is 0 Å². The van der Waals surface area contributed by atoms with E-state index in [1.165, 1.54) is 0 Å². The molecule has 0 saturated heterocycles. The Morgan fingerprint density at radius 3 is 2.13 bits per heavy atom. The molecule has 0 aliphatic rings. The Hall–Kier alpha value is -1.67. The third-order valence-corrected chi connectivity index (χ3v) is 1.46. The Bertz CT molecular complexity index is 264. The van der Waals surface area contributed by atoms with Crippen molar-refractivity contribution in [2.24, 2.45) is 0 Å². The van der Waals surface area contributed by atoms with Gasteiger partial charge in [0.2, 0.25) is 6.23 Å². The molecule has 0 amide bonds. The van der Waals surface area contributed by atoms with E-state index < -0.39 is 37.2 Å². The van der Waals surface area contributed by atoms with Gasteiger partial charge in [-0.3, -0.25) is 9.59 Å². The van der Waals surface area contributed by atoms with E-state index >= 15 is 0 Å². The number of aliphatic hydroxyl groups is 1. The highest BCUT2D eigenvalue weighted by Crippen LogP contribution is 1.97. The lowest BCUT2D eigenvalue weighted by atomic mass is 10.4. The van der Waals surface area contributed by atoms with Crippen molar-refractivity contribution in [3.8, 4) is 0 Å². The minimum absolute atomic E-state index is 0.552. The van der Waals surface area contributed by atoms with Crippen molar-refractivity contribution in [3.63, 3.8) is 0 Å². The van der Waals surface area contributed by atoms with E-state index in [4.69, 9.17) is 15.3 Å².